The summed E-state index contributed by atoms with van der Waals surface area (Å²) in [5, 5.41) is 15.1. The molecule has 0 bridgehead atoms. The van der Waals surface area contributed by atoms with Gasteiger partial charge in [-0.1, -0.05) is 18.2 Å². The third-order valence-electron chi connectivity index (χ3n) is 8.98. The summed E-state index contributed by atoms with van der Waals surface area (Å²) in [6, 6.07) is 19.1. The highest BCUT2D eigenvalue weighted by molar-refractivity contribution is 5.78. The number of amides is 1. The second-order valence-electron chi connectivity index (χ2n) is 11.6. The van der Waals surface area contributed by atoms with Crippen molar-refractivity contribution in [3.05, 3.63) is 77.7 Å². The Morgan fingerprint density at radius 2 is 1.84 bits per heavy atom. The van der Waals surface area contributed by atoms with Crippen LogP contribution in [0.3, 0.4) is 0 Å². The molecule has 0 spiro atoms. The summed E-state index contributed by atoms with van der Waals surface area (Å²) < 4.78 is 21.2. The molecule has 3 aliphatic rings. The molecule has 5 heterocycles. The first-order valence-corrected chi connectivity index (χ1v) is 15.3. The van der Waals surface area contributed by atoms with Crippen LogP contribution in [0.15, 0.2) is 60.8 Å². The molecule has 0 N–H and O–H groups in total. The van der Waals surface area contributed by atoms with Gasteiger partial charge in [-0.25, -0.2) is 13.9 Å². The molecule has 3 aliphatic heterocycles. The summed E-state index contributed by atoms with van der Waals surface area (Å²) in [4.78, 5) is 25.8. The van der Waals surface area contributed by atoms with E-state index in [0.717, 1.165) is 79.5 Å². The molecule has 1 amide bonds. The zero-order valence-corrected chi connectivity index (χ0v) is 24.6. The molecule has 2 aromatic heterocycles. The van der Waals surface area contributed by atoms with E-state index in [-0.39, 0.29) is 17.8 Å². The van der Waals surface area contributed by atoms with E-state index in [9.17, 15) is 14.4 Å². The molecular formula is C33H35FN8O2. The number of hydrogen-bond donors (Lipinski definition) is 0. The number of nitriles is 1. The van der Waals surface area contributed by atoms with Crippen LogP contribution in [-0.2, 0) is 9.53 Å². The fourth-order valence-electron chi connectivity index (χ4n) is 6.63. The summed E-state index contributed by atoms with van der Waals surface area (Å²) in [6.45, 7) is 6.79. The lowest BCUT2D eigenvalue weighted by molar-refractivity contribution is -0.136. The van der Waals surface area contributed by atoms with Crippen LogP contribution in [0.25, 0.3) is 16.9 Å². The number of piperazine rings is 1. The molecule has 3 fully saturated rings. The fourth-order valence-corrected chi connectivity index (χ4v) is 6.63. The Morgan fingerprint density at radius 1 is 1.00 bits per heavy atom. The van der Waals surface area contributed by atoms with Gasteiger partial charge in [0.2, 0.25) is 5.91 Å². The number of benzene rings is 2. The molecule has 1 atom stereocenters. The Bertz CT molecular complexity index is 1700. The van der Waals surface area contributed by atoms with Crippen LogP contribution >= 0.6 is 0 Å². The first-order chi connectivity index (χ1) is 21.6. The Morgan fingerprint density at radius 3 is 2.64 bits per heavy atom. The maximum atomic E-state index is 14.0. The van der Waals surface area contributed by atoms with Crippen molar-refractivity contribution in [1.82, 2.24) is 24.4 Å². The fraction of sp³-hybridized carbons (Fsp3) is 0.394. The average molecular weight is 595 g/mol. The number of carbonyl (C=O) groups excluding carboxylic acids is 1. The van der Waals surface area contributed by atoms with E-state index in [1.165, 1.54) is 6.07 Å². The predicted molar refractivity (Wildman–Crippen MR) is 165 cm³/mol. The minimum Gasteiger partial charge on any atom is -0.378 e. The Labute approximate surface area is 255 Å². The first-order valence-electron chi connectivity index (χ1n) is 15.3. The standard InChI is InChI=1S/C33H35FN8O2/c34-27-4-1-3-24(20-27)29-5-2-10-41(29)32-9-8-31-36-22-30(42(31)37-32)25-6-7-28(26(19-25)21-35)39-13-11-38(12-14-39)23-33(43)40-15-17-44-18-16-40/h1,3-4,6-9,19-20,22,29H,2,5,10-18,23H2. The molecule has 0 saturated carbocycles. The van der Waals surface area contributed by atoms with Gasteiger partial charge in [0.15, 0.2) is 5.65 Å². The Balaban J connectivity index is 1.08. The Kier molecular flexibility index (Phi) is 7.85. The van der Waals surface area contributed by atoms with E-state index in [2.05, 4.69) is 25.8 Å². The van der Waals surface area contributed by atoms with Gasteiger partial charge in [-0.05, 0) is 54.8 Å². The molecule has 7 rings (SSSR count). The van der Waals surface area contributed by atoms with Crippen LogP contribution in [0.2, 0.25) is 0 Å². The van der Waals surface area contributed by atoms with Crippen LogP contribution < -0.4 is 9.80 Å². The van der Waals surface area contributed by atoms with Crippen LogP contribution in [0.4, 0.5) is 15.9 Å². The second-order valence-corrected chi connectivity index (χ2v) is 11.6. The van der Waals surface area contributed by atoms with Crippen molar-refractivity contribution in [3.8, 4) is 17.3 Å². The van der Waals surface area contributed by atoms with Crippen molar-refractivity contribution in [2.75, 3.05) is 75.4 Å². The second kappa shape index (κ2) is 12.2. The molecule has 11 heteroatoms. The van der Waals surface area contributed by atoms with E-state index >= 15 is 0 Å². The van der Waals surface area contributed by atoms with Gasteiger partial charge in [0, 0.05) is 51.4 Å². The number of anilines is 2. The van der Waals surface area contributed by atoms with Gasteiger partial charge in [-0.2, -0.15) is 5.26 Å². The number of halogens is 1. The normalized spacial score (nSPS) is 19.5. The molecule has 226 valence electrons. The Hall–Kier alpha value is -4.53. The van der Waals surface area contributed by atoms with Gasteiger partial charge in [-0.15, -0.1) is 5.10 Å². The monoisotopic (exact) mass is 594 g/mol. The van der Waals surface area contributed by atoms with E-state index in [4.69, 9.17) is 9.84 Å². The molecule has 0 aliphatic carbocycles. The number of morpholine rings is 1. The highest BCUT2D eigenvalue weighted by atomic mass is 19.1. The quantitative estimate of drug-likeness (QED) is 0.334. The third-order valence-corrected chi connectivity index (χ3v) is 8.98. The smallest absolute Gasteiger partial charge is 0.236 e. The van der Waals surface area contributed by atoms with E-state index < -0.39 is 0 Å². The number of ether oxygens (including phenoxy) is 1. The van der Waals surface area contributed by atoms with Crippen molar-refractivity contribution in [2.45, 2.75) is 18.9 Å². The summed E-state index contributed by atoms with van der Waals surface area (Å²) in [5.74, 6) is 0.737. The van der Waals surface area contributed by atoms with Crippen molar-refractivity contribution in [2.24, 2.45) is 0 Å². The molecule has 3 saturated heterocycles. The molecular weight excluding hydrogens is 559 g/mol. The number of hydrogen-bond acceptors (Lipinski definition) is 8. The van der Waals surface area contributed by atoms with E-state index in [1.807, 2.05) is 45.8 Å². The van der Waals surface area contributed by atoms with E-state index in [0.29, 0.717) is 38.4 Å². The average Bonchev–Trinajstić information content (AvgIpc) is 3.73. The minimum absolute atomic E-state index is 0.0602. The van der Waals surface area contributed by atoms with Gasteiger partial charge in [0.25, 0.3) is 0 Å². The predicted octanol–water partition coefficient (Wildman–Crippen LogP) is 3.73. The number of nitrogens with zero attached hydrogens (tertiary/aromatic N) is 8. The number of imidazole rings is 1. The van der Waals surface area contributed by atoms with Gasteiger partial charge < -0.3 is 19.4 Å². The molecule has 2 aromatic carbocycles. The van der Waals surface area contributed by atoms with Gasteiger partial charge in [0.05, 0.1) is 48.9 Å². The lowest BCUT2D eigenvalue weighted by Gasteiger charge is -2.37. The molecule has 1 unspecified atom stereocenters. The molecule has 4 aromatic rings. The van der Waals surface area contributed by atoms with E-state index in [1.54, 1.807) is 18.3 Å². The SMILES string of the molecule is N#Cc1cc(-c2cnc3ccc(N4CCCC4c4cccc(F)c4)nn23)ccc1N1CCN(CC(=O)N2CCOCC2)CC1. The molecule has 10 nitrogen and oxygen atoms in total. The zero-order chi connectivity index (χ0) is 30.0. The number of aromatic nitrogens is 3. The summed E-state index contributed by atoms with van der Waals surface area (Å²) in [5.41, 5.74) is 4.83. The minimum atomic E-state index is -0.229. The van der Waals surface area contributed by atoms with Crippen LogP contribution in [0.1, 0.15) is 30.0 Å². The lowest BCUT2D eigenvalue weighted by Crippen LogP contribution is -2.51. The van der Waals surface area contributed by atoms with Crippen LogP contribution in [-0.4, -0.2) is 95.9 Å². The number of fused-ring (bicyclic) bond motifs is 1. The van der Waals surface area contributed by atoms with Gasteiger partial charge in [-0.3, -0.25) is 9.69 Å². The third kappa shape index (κ3) is 5.58. The molecule has 44 heavy (non-hydrogen) atoms. The van der Waals surface area contributed by atoms with Crippen molar-refractivity contribution in [3.63, 3.8) is 0 Å². The lowest BCUT2D eigenvalue weighted by atomic mass is 10.0. The van der Waals surface area contributed by atoms with Crippen molar-refractivity contribution in [1.29, 1.82) is 5.26 Å². The van der Waals surface area contributed by atoms with Crippen molar-refractivity contribution < 1.29 is 13.9 Å². The largest absolute Gasteiger partial charge is 0.378 e. The molecule has 0 radical (unpaired) electrons. The summed E-state index contributed by atoms with van der Waals surface area (Å²) in [7, 11) is 0. The van der Waals surface area contributed by atoms with Crippen LogP contribution in [0.5, 0.6) is 0 Å². The number of rotatable bonds is 6. The van der Waals surface area contributed by atoms with Gasteiger partial charge in [0.1, 0.15) is 17.7 Å². The van der Waals surface area contributed by atoms with Crippen molar-refractivity contribution >= 4 is 23.1 Å². The van der Waals surface area contributed by atoms with Gasteiger partial charge >= 0.3 is 0 Å². The number of carbonyl (C=O) groups is 1. The maximum Gasteiger partial charge on any atom is 0.236 e. The first kappa shape index (κ1) is 28.3. The topological polar surface area (TPSA) is 93.2 Å². The summed E-state index contributed by atoms with van der Waals surface area (Å²) >= 11 is 0. The maximum absolute atomic E-state index is 14.0. The summed E-state index contributed by atoms with van der Waals surface area (Å²) in [6.07, 6.45) is 3.73. The van der Waals surface area contributed by atoms with Crippen LogP contribution in [0, 0.1) is 17.1 Å². The zero-order valence-electron chi connectivity index (χ0n) is 24.6. The highest BCUT2D eigenvalue weighted by Crippen LogP contribution is 2.36. The highest BCUT2D eigenvalue weighted by Gasteiger charge is 2.28.